The van der Waals surface area contributed by atoms with E-state index in [0.29, 0.717) is 12.0 Å². The number of hydrogen-bond acceptors (Lipinski definition) is 3. The minimum absolute atomic E-state index is 0.291. The van der Waals surface area contributed by atoms with Gasteiger partial charge in [0.2, 0.25) is 0 Å². The fraction of sp³-hybridized carbons (Fsp3) is 1.00. The van der Waals surface area contributed by atoms with E-state index in [4.69, 9.17) is 14.2 Å². The van der Waals surface area contributed by atoms with Gasteiger partial charge in [0.05, 0.1) is 25.9 Å². The monoisotopic (exact) mass is 482 g/mol. The average molecular weight is 483 g/mol. The second-order valence-corrected chi connectivity index (χ2v) is 10.9. The van der Waals surface area contributed by atoms with E-state index in [-0.39, 0.29) is 0 Å². The van der Waals surface area contributed by atoms with E-state index in [0.717, 1.165) is 39.5 Å². The molecule has 3 nitrogen and oxygen atoms in total. The van der Waals surface area contributed by atoms with Gasteiger partial charge in [0.25, 0.3) is 0 Å². The molecule has 0 amide bonds. The summed E-state index contributed by atoms with van der Waals surface area (Å²) in [5, 5.41) is 0. The van der Waals surface area contributed by atoms with E-state index in [1.807, 2.05) is 0 Å². The molecule has 1 fully saturated rings. The lowest BCUT2D eigenvalue weighted by molar-refractivity contribution is 0.0141. The highest BCUT2D eigenvalue weighted by molar-refractivity contribution is 4.73. The Morgan fingerprint density at radius 3 is 1.32 bits per heavy atom. The SMILES string of the molecule is CCCCCCCCCCCCCCCCCCOC[C@@H]1C[C@@H](COCCCCCCC)CO1. The summed E-state index contributed by atoms with van der Waals surface area (Å²) in [4.78, 5) is 0. The molecule has 0 aromatic rings. The maximum atomic E-state index is 5.90. The second kappa shape index (κ2) is 26.0. The number of unbranched alkanes of at least 4 members (excludes halogenated alkanes) is 19. The lowest BCUT2D eigenvalue weighted by atomic mass is 10.0. The Hall–Kier alpha value is -0.120. The molecule has 1 aliphatic heterocycles. The zero-order chi connectivity index (χ0) is 24.4. The zero-order valence-electron chi connectivity index (χ0n) is 23.5. The van der Waals surface area contributed by atoms with Crippen LogP contribution in [0.5, 0.6) is 0 Å². The summed E-state index contributed by atoms with van der Waals surface area (Å²) < 4.78 is 17.7. The number of hydrogen-bond donors (Lipinski definition) is 0. The predicted molar refractivity (Wildman–Crippen MR) is 148 cm³/mol. The lowest BCUT2D eigenvalue weighted by Gasteiger charge is -2.11. The summed E-state index contributed by atoms with van der Waals surface area (Å²) in [6.07, 6.45) is 30.6. The molecule has 34 heavy (non-hydrogen) atoms. The second-order valence-electron chi connectivity index (χ2n) is 10.9. The van der Waals surface area contributed by atoms with Crippen LogP contribution in [0.2, 0.25) is 0 Å². The lowest BCUT2D eigenvalue weighted by Crippen LogP contribution is -2.15. The molecule has 1 aliphatic rings. The molecule has 1 saturated heterocycles. The first-order valence-corrected chi connectivity index (χ1v) is 15.6. The molecule has 3 heteroatoms. The van der Waals surface area contributed by atoms with Crippen LogP contribution >= 0.6 is 0 Å². The Morgan fingerprint density at radius 2 is 0.882 bits per heavy atom. The molecule has 204 valence electrons. The van der Waals surface area contributed by atoms with Crippen molar-refractivity contribution in [1.82, 2.24) is 0 Å². The Bertz CT molecular complexity index is 387. The van der Waals surface area contributed by atoms with Crippen LogP contribution in [-0.4, -0.2) is 39.1 Å². The molecule has 0 spiro atoms. The van der Waals surface area contributed by atoms with E-state index in [9.17, 15) is 0 Å². The fourth-order valence-corrected chi connectivity index (χ4v) is 5.04. The van der Waals surface area contributed by atoms with Gasteiger partial charge in [-0.3, -0.25) is 0 Å². The predicted octanol–water partition coefficient (Wildman–Crippen LogP) is 9.66. The van der Waals surface area contributed by atoms with Gasteiger partial charge < -0.3 is 14.2 Å². The first kappa shape index (κ1) is 31.9. The normalized spacial score (nSPS) is 18.2. The van der Waals surface area contributed by atoms with Crippen molar-refractivity contribution in [3.05, 3.63) is 0 Å². The molecule has 0 unspecified atom stereocenters. The van der Waals surface area contributed by atoms with E-state index < -0.39 is 0 Å². The standard InChI is InChI=1S/C31H62O3/c1-3-5-7-9-10-11-12-13-14-15-16-17-18-19-21-23-25-33-29-31-26-30(28-34-31)27-32-24-22-20-8-6-4-2/h30-31H,3-29H2,1-2H3/t30-,31-/m0/s1. The van der Waals surface area contributed by atoms with E-state index in [1.54, 1.807) is 0 Å². The molecule has 2 atom stereocenters. The van der Waals surface area contributed by atoms with Gasteiger partial charge >= 0.3 is 0 Å². The smallest absolute Gasteiger partial charge is 0.0813 e. The summed E-state index contributed by atoms with van der Waals surface area (Å²) in [6.45, 7) is 8.86. The Kier molecular flexibility index (Phi) is 24.4. The molecule has 1 heterocycles. The van der Waals surface area contributed by atoms with Gasteiger partial charge in [0.1, 0.15) is 0 Å². The molecule has 0 N–H and O–H groups in total. The molecule has 0 aliphatic carbocycles. The van der Waals surface area contributed by atoms with Gasteiger partial charge in [0.15, 0.2) is 0 Å². The van der Waals surface area contributed by atoms with Crippen LogP contribution < -0.4 is 0 Å². The van der Waals surface area contributed by atoms with Crippen molar-refractivity contribution in [2.24, 2.45) is 5.92 Å². The van der Waals surface area contributed by atoms with Crippen LogP contribution in [0.15, 0.2) is 0 Å². The number of ether oxygens (including phenoxy) is 3. The molecule has 1 rings (SSSR count). The topological polar surface area (TPSA) is 27.7 Å². The molecule has 0 radical (unpaired) electrons. The first-order chi connectivity index (χ1) is 16.9. The maximum absolute atomic E-state index is 5.90. The van der Waals surface area contributed by atoms with Crippen molar-refractivity contribution in [2.45, 2.75) is 161 Å². The highest BCUT2D eigenvalue weighted by Gasteiger charge is 2.25. The highest BCUT2D eigenvalue weighted by Crippen LogP contribution is 2.20. The first-order valence-electron chi connectivity index (χ1n) is 15.6. The van der Waals surface area contributed by atoms with Gasteiger partial charge in [-0.05, 0) is 19.3 Å². The highest BCUT2D eigenvalue weighted by atomic mass is 16.5. The van der Waals surface area contributed by atoms with Crippen molar-refractivity contribution in [3.63, 3.8) is 0 Å². The fourth-order valence-electron chi connectivity index (χ4n) is 5.04. The summed E-state index contributed by atoms with van der Waals surface area (Å²) in [5.41, 5.74) is 0. The van der Waals surface area contributed by atoms with Gasteiger partial charge in [-0.2, -0.15) is 0 Å². The van der Waals surface area contributed by atoms with Crippen molar-refractivity contribution in [3.8, 4) is 0 Å². The summed E-state index contributed by atoms with van der Waals surface area (Å²) in [5.74, 6) is 0.569. The van der Waals surface area contributed by atoms with Crippen LogP contribution in [0.4, 0.5) is 0 Å². The largest absolute Gasteiger partial charge is 0.381 e. The van der Waals surface area contributed by atoms with Gasteiger partial charge in [-0.15, -0.1) is 0 Å². The van der Waals surface area contributed by atoms with Crippen molar-refractivity contribution in [2.75, 3.05) is 33.0 Å². The zero-order valence-corrected chi connectivity index (χ0v) is 23.5. The molecule has 0 bridgehead atoms. The minimum atomic E-state index is 0.291. The van der Waals surface area contributed by atoms with Gasteiger partial charge in [-0.25, -0.2) is 0 Å². The van der Waals surface area contributed by atoms with Crippen molar-refractivity contribution in [1.29, 1.82) is 0 Å². The Labute approximate surface area is 214 Å². The van der Waals surface area contributed by atoms with E-state index >= 15 is 0 Å². The van der Waals surface area contributed by atoms with Crippen LogP contribution in [0.3, 0.4) is 0 Å². The van der Waals surface area contributed by atoms with Crippen LogP contribution in [0.1, 0.15) is 155 Å². The Morgan fingerprint density at radius 1 is 0.500 bits per heavy atom. The minimum Gasteiger partial charge on any atom is -0.381 e. The van der Waals surface area contributed by atoms with E-state index in [1.165, 1.54) is 135 Å². The Balaban J connectivity index is 1.73. The number of rotatable bonds is 27. The summed E-state index contributed by atoms with van der Waals surface area (Å²) in [6, 6.07) is 0. The third kappa shape index (κ3) is 21.2. The van der Waals surface area contributed by atoms with Gasteiger partial charge in [-0.1, -0.05) is 136 Å². The van der Waals surface area contributed by atoms with Crippen LogP contribution in [0, 0.1) is 5.92 Å². The molecule has 0 saturated carbocycles. The molecular formula is C31H62O3. The average Bonchev–Trinajstić information content (AvgIpc) is 3.30. The van der Waals surface area contributed by atoms with Crippen LogP contribution in [0.25, 0.3) is 0 Å². The summed E-state index contributed by atoms with van der Waals surface area (Å²) in [7, 11) is 0. The molecular weight excluding hydrogens is 420 g/mol. The summed E-state index contributed by atoms with van der Waals surface area (Å²) >= 11 is 0. The van der Waals surface area contributed by atoms with Crippen molar-refractivity contribution < 1.29 is 14.2 Å². The molecule has 0 aromatic heterocycles. The third-order valence-electron chi connectivity index (χ3n) is 7.36. The molecule has 0 aromatic carbocycles. The third-order valence-corrected chi connectivity index (χ3v) is 7.36. The quantitative estimate of drug-likeness (QED) is 0.109. The van der Waals surface area contributed by atoms with Crippen molar-refractivity contribution >= 4 is 0 Å². The van der Waals surface area contributed by atoms with E-state index in [2.05, 4.69) is 13.8 Å². The van der Waals surface area contributed by atoms with Crippen LogP contribution in [-0.2, 0) is 14.2 Å². The maximum Gasteiger partial charge on any atom is 0.0813 e. The van der Waals surface area contributed by atoms with Gasteiger partial charge in [0, 0.05) is 19.1 Å².